The van der Waals surface area contributed by atoms with Crippen molar-refractivity contribution in [1.29, 1.82) is 0 Å². The first-order valence-electron chi connectivity index (χ1n) is 4.65. The van der Waals surface area contributed by atoms with Crippen LogP contribution in [-0.2, 0) is 6.54 Å². The highest BCUT2D eigenvalue weighted by molar-refractivity contribution is 5.63. The average Bonchev–Trinajstić information content (AvgIpc) is 2.30. The fraction of sp³-hybridized carbons (Fsp3) is 0.0769. The van der Waals surface area contributed by atoms with Crippen molar-refractivity contribution in [2.75, 3.05) is 0 Å². The van der Waals surface area contributed by atoms with Gasteiger partial charge in [0.2, 0.25) is 0 Å². The van der Waals surface area contributed by atoms with Crippen molar-refractivity contribution in [3.8, 4) is 11.1 Å². The second-order valence-electron chi connectivity index (χ2n) is 3.20. The second kappa shape index (κ2) is 4.07. The smallest absolute Gasteiger partial charge is 0.0178 e. The standard InChI is InChI=1S/C13H12N/c14-10-11-5-4-8-13(9-11)12-6-2-1-3-7-12/h1-2,4-9H,10,14H2. The third-order valence-corrected chi connectivity index (χ3v) is 2.20. The Hall–Kier alpha value is -1.60. The molecule has 0 aliphatic carbocycles. The molecule has 1 nitrogen and oxygen atoms in total. The molecule has 2 aromatic rings. The molecule has 0 saturated heterocycles. The lowest BCUT2D eigenvalue weighted by atomic mass is 10.0. The summed E-state index contributed by atoms with van der Waals surface area (Å²) in [5.74, 6) is 0. The van der Waals surface area contributed by atoms with Gasteiger partial charge in [-0.2, -0.15) is 0 Å². The summed E-state index contributed by atoms with van der Waals surface area (Å²) in [6.07, 6.45) is 0. The van der Waals surface area contributed by atoms with Crippen LogP contribution in [-0.4, -0.2) is 0 Å². The van der Waals surface area contributed by atoms with Crippen LogP contribution in [0.3, 0.4) is 0 Å². The minimum atomic E-state index is 0.588. The van der Waals surface area contributed by atoms with E-state index in [0.29, 0.717) is 6.54 Å². The van der Waals surface area contributed by atoms with E-state index in [-0.39, 0.29) is 0 Å². The van der Waals surface area contributed by atoms with Crippen molar-refractivity contribution in [3.63, 3.8) is 0 Å². The Balaban J connectivity index is 2.42. The van der Waals surface area contributed by atoms with Gasteiger partial charge in [0.1, 0.15) is 0 Å². The van der Waals surface area contributed by atoms with Gasteiger partial charge in [0.15, 0.2) is 0 Å². The first kappa shape index (κ1) is 8.97. The van der Waals surface area contributed by atoms with E-state index in [1.807, 2.05) is 30.3 Å². The normalized spacial score (nSPS) is 10.1. The van der Waals surface area contributed by atoms with E-state index < -0.39 is 0 Å². The molecule has 0 fully saturated rings. The second-order valence-corrected chi connectivity index (χ2v) is 3.20. The predicted octanol–water partition coefficient (Wildman–Crippen LogP) is 2.61. The van der Waals surface area contributed by atoms with Gasteiger partial charge in [0, 0.05) is 6.54 Å². The molecule has 0 saturated carbocycles. The van der Waals surface area contributed by atoms with E-state index in [0.717, 1.165) is 5.56 Å². The van der Waals surface area contributed by atoms with Crippen molar-refractivity contribution < 1.29 is 0 Å². The van der Waals surface area contributed by atoms with Gasteiger partial charge in [-0.25, -0.2) is 0 Å². The van der Waals surface area contributed by atoms with Crippen LogP contribution < -0.4 is 5.73 Å². The Kier molecular flexibility index (Phi) is 2.61. The monoisotopic (exact) mass is 182 g/mol. The largest absolute Gasteiger partial charge is 0.326 e. The Labute approximate surface area is 84.2 Å². The minimum absolute atomic E-state index is 0.588. The van der Waals surface area contributed by atoms with Gasteiger partial charge in [0.25, 0.3) is 0 Å². The predicted molar refractivity (Wildman–Crippen MR) is 58.6 cm³/mol. The molecular weight excluding hydrogens is 170 g/mol. The van der Waals surface area contributed by atoms with Gasteiger partial charge in [0.05, 0.1) is 0 Å². The molecule has 69 valence electrons. The van der Waals surface area contributed by atoms with E-state index in [9.17, 15) is 0 Å². The Bertz CT molecular complexity index is 407. The van der Waals surface area contributed by atoms with E-state index in [1.165, 1.54) is 11.1 Å². The summed E-state index contributed by atoms with van der Waals surface area (Å²) in [5.41, 5.74) is 9.13. The molecule has 1 radical (unpaired) electrons. The van der Waals surface area contributed by atoms with E-state index in [1.54, 1.807) is 0 Å². The lowest BCUT2D eigenvalue weighted by molar-refractivity contribution is 1.07. The summed E-state index contributed by atoms with van der Waals surface area (Å²) in [7, 11) is 0. The number of hydrogen-bond donors (Lipinski definition) is 1. The van der Waals surface area contributed by atoms with E-state index in [2.05, 4.69) is 24.3 Å². The minimum Gasteiger partial charge on any atom is -0.326 e. The SMILES string of the molecule is NCc1cccc(-c2c[c]ccc2)c1. The molecule has 0 aliphatic rings. The zero-order valence-electron chi connectivity index (χ0n) is 7.90. The zero-order valence-corrected chi connectivity index (χ0v) is 7.90. The molecule has 0 unspecified atom stereocenters. The van der Waals surface area contributed by atoms with Crippen LogP contribution in [0.1, 0.15) is 5.56 Å². The van der Waals surface area contributed by atoms with E-state index in [4.69, 9.17) is 5.73 Å². The molecule has 0 heterocycles. The van der Waals surface area contributed by atoms with Crippen LogP contribution in [0.25, 0.3) is 11.1 Å². The van der Waals surface area contributed by atoms with Gasteiger partial charge >= 0.3 is 0 Å². The first-order chi connectivity index (χ1) is 6.90. The fourth-order valence-electron chi connectivity index (χ4n) is 1.45. The first-order valence-corrected chi connectivity index (χ1v) is 4.65. The van der Waals surface area contributed by atoms with Gasteiger partial charge in [-0.15, -0.1) is 0 Å². The Morgan fingerprint density at radius 2 is 1.93 bits per heavy atom. The summed E-state index contributed by atoms with van der Waals surface area (Å²) in [4.78, 5) is 0. The van der Waals surface area contributed by atoms with Gasteiger partial charge in [-0.05, 0) is 34.9 Å². The molecule has 0 aromatic heterocycles. The third kappa shape index (κ3) is 1.83. The molecule has 1 heteroatoms. The zero-order chi connectivity index (χ0) is 9.80. The molecular formula is C13H12N. The van der Waals surface area contributed by atoms with Gasteiger partial charge in [-0.1, -0.05) is 36.4 Å². The van der Waals surface area contributed by atoms with Crippen LogP contribution in [0.5, 0.6) is 0 Å². The van der Waals surface area contributed by atoms with Crippen LogP contribution in [0.4, 0.5) is 0 Å². The quantitative estimate of drug-likeness (QED) is 0.759. The molecule has 2 N–H and O–H groups in total. The number of nitrogens with two attached hydrogens (primary N) is 1. The lowest BCUT2D eigenvalue weighted by Crippen LogP contribution is -1.95. The van der Waals surface area contributed by atoms with Gasteiger partial charge in [-0.3, -0.25) is 0 Å². The molecule has 0 aliphatic heterocycles. The molecule has 0 bridgehead atoms. The number of hydrogen-bond acceptors (Lipinski definition) is 1. The van der Waals surface area contributed by atoms with Crippen molar-refractivity contribution >= 4 is 0 Å². The lowest BCUT2D eigenvalue weighted by Gasteiger charge is -2.03. The van der Waals surface area contributed by atoms with Crippen molar-refractivity contribution in [3.05, 3.63) is 60.2 Å². The highest BCUT2D eigenvalue weighted by Gasteiger charge is 1.96. The van der Waals surface area contributed by atoms with Crippen molar-refractivity contribution in [2.24, 2.45) is 5.73 Å². The summed E-state index contributed by atoms with van der Waals surface area (Å²) < 4.78 is 0. The molecule has 14 heavy (non-hydrogen) atoms. The number of rotatable bonds is 2. The van der Waals surface area contributed by atoms with Crippen LogP contribution in [0, 0.1) is 6.07 Å². The van der Waals surface area contributed by atoms with Crippen molar-refractivity contribution in [1.82, 2.24) is 0 Å². The van der Waals surface area contributed by atoms with Crippen molar-refractivity contribution in [2.45, 2.75) is 6.54 Å². The maximum atomic E-state index is 5.59. The Morgan fingerprint density at radius 3 is 2.64 bits per heavy atom. The summed E-state index contributed by atoms with van der Waals surface area (Å²) in [6, 6.07) is 19.3. The summed E-state index contributed by atoms with van der Waals surface area (Å²) >= 11 is 0. The summed E-state index contributed by atoms with van der Waals surface area (Å²) in [6.45, 7) is 0.588. The molecule has 0 spiro atoms. The Morgan fingerprint density at radius 1 is 1.07 bits per heavy atom. The topological polar surface area (TPSA) is 26.0 Å². The molecule has 0 atom stereocenters. The van der Waals surface area contributed by atoms with Crippen LogP contribution in [0.2, 0.25) is 0 Å². The fourth-order valence-corrected chi connectivity index (χ4v) is 1.45. The molecule has 0 amide bonds. The maximum Gasteiger partial charge on any atom is 0.0178 e. The highest BCUT2D eigenvalue weighted by atomic mass is 14.5. The highest BCUT2D eigenvalue weighted by Crippen LogP contribution is 2.19. The summed E-state index contributed by atoms with van der Waals surface area (Å²) in [5, 5.41) is 0. The number of benzene rings is 2. The molecule has 2 aromatic carbocycles. The van der Waals surface area contributed by atoms with E-state index >= 15 is 0 Å². The third-order valence-electron chi connectivity index (χ3n) is 2.20. The van der Waals surface area contributed by atoms with Crippen LogP contribution in [0.15, 0.2) is 48.5 Å². The average molecular weight is 182 g/mol. The molecule has 2 rings (SSSR count). The van der Waals surface area contributed by atoms with Gasteiger partial charge < -0.3 is 5.73 Å². The maximum absolute atomic E-state index is 5.59. The van der Waals surface area contributed by atoms with Crippen LogP contribution >= 0.6 is 0 Å².